The lowest BCUT2D eigenvalue weighted by Gasteiger charge is -2.22. The van der Waals surface area contributed by atoms with Crippen LogP contribution in [0.5, 0.6) is 0 Å². The van der Waals surface area contributed by atoms with Gasteiger partial charge < -0.3 is 15.1 Å². The third kappa shape index (κ3) is 4.96. The van der Waals surface area contributed by atoms with Gasteiger partial charge in [-0.1, -0.05) is 19.9 Å². The number of carbonyl (C=O) groups excluding carboxylic acids is 2. The first-order valence-electron chi connectivity index (χ1n) is 7.64. The molecule has 2 aromatic heterocycles. The molecule has 6 heteroatoms. The predicted octanol–water partition coefficient (Wildman–Crippen LogP) is 3.36. The van der Waals surface area contributed by atoms with Gasteiger partial charge in [-0.25, -0.2) is 0 Å². The van der Waals surface area contributed by atoms with Crippen LogP contribution in [-0.4, -0.2) is 17.9 Å². The molecule has 0 saturated heterocycles. The van der Waals surface area contributed by atoms with E-state index in [1.807, 2.05) is 17.5 Å². The molecule has 2 atom stereocenters. The summed E-state index contributed by atoms with van der Waals surface area (Å²) in [4.78, 5) is 25.5. The van der Waals surface area contributed by atoms with Crippen molar-refractivity contribution in [3.63, 3.8) is 0 Å². The Morgan fingerprint density at radius 2 is 2.00 bits per heavy atom. The first kappa shape index (κ1) is 17.3. The summed E-state index contributed by atoms with van der Waals surface area (Å²) >= 11 is 1.62. The largest absolute Gasteiger partial charge is 0.472 e. The molecule has 0 aliphatic heterocycles. The van der Waals surface area contributed by atoms with E-state index in [1.165, 1.54) is 12.5 Å². The number of thiophene rings is 1. The zero-order valence-corrected chi connectivity index (χ0v) is 14.4. The minimum absolute atomic E-state index is 0.0317. The average molecular weight is 334 g/mol. The number of furan rings is 1. The summed E-state index contributed by atoms with van der Waals surface area (Å²) < 4.78 is 4.87. The first-order valence-corrected chi connectivity index (χ1v) is 8.52. The molecule has 2 aromatic rings. The molecular formula is C17H22N2O3S. The SMILES string of the molecule is CC(C)C[C@H](NC(=O)[C@H](C)NC(=O)c1ccoc1)c1cccs1. The highest BCUT2D eigenvalue weighted by Gasteiger charge is 2.22. The summed E-state index contributed by atoms with van der Waals surface area (Å²) in [5, 5.41) is 7.71. The maximum Gasteiger partial charge on any atom is 0.255 e. The zero-order valence-electron chi connectivity index (χ0n) is 13.5. The highest BCUT2D eigenvalue weighted by molar-refractivity contribution is 7.10. The van der Waals surface area contributed by atoms with Crippen molar-refractivity contribution in [3.8, 4) is 0 Å². The lowest BCUT2D eigenvalue weighted by molar-refractivity contribution is -0.123. The van der Waals surface area contributed by atoms with Crippen LogP contribution in [0.4, 0.5) is 0 Å². The molecule has 23 heavy (non-hydrogen) atoms. The summed E-state index contributed by atoms with van der Waals surface area (Å²) in [7, 11) is 0. The van der Waals surface area contributed by atoms with E-state index in [9.17, 15) is 9.59 Å². The molecule has 2 amide bonds. The monoisotopic (exact) mass is 334 g/mol. The van der Waals surface area contributed by atoms with Crippen LogP contribution >= 0.6 is 11.3 Å². The molecule has 0 saturated carbocycles. The van der Waals surface area contributed by atoms with Crippen molar-refractivity contribution >= 4 is 23.2 Å². The van der Waals surface area contributed by atoms with Crippen LogP contribution in [-0.2, 0) is 4.79 Å². The number of hydrogen-bond acceptors (Lipinski definition) is 4. The standard InChI is InChI=1S/C17H22N2O3S/c1-11(2)9-14(15-5-4-8-23-15)19-16(20)12(3)18-17(21)13-6-7-22-10-13/h4-8,10-12,14H,9H2,1-3H3,(H,18,21)(H,19,20)/t12-,14-/m0/s1. The van der Waals surface area contributed by atoms with Crippen LogP contribution in [0.1, 0.15) is 48.5 Å². The molecule has 0 unspecified atom stereocenters. The quantitative estimate of drug-likeness (QED) is 0.815. The second-order valence-electron chi connectivity index (χ2n) is 5.91. The second kappa shape index (κ2) is 7.97. The average Bonchev–Trinajstić information content (AvgIpc) is 3.19. The van der Waals surface area contributed by atoms with Crippen LogP contribution in [0, 0.1) is 5.92 Å². The minimum Gasteiger partial charge on any atom is -0.472 e. The fourth-order valence-corrected chi connectivity index (χ4v) is 3.03. The molecule has 0 spiro atoms. The van der Waals surface area contributed by atoms with Gasteiger partial charge in [0.15, 0.2) is 0 Å². The van der Waals surface area contributed by atoms with Crippen molar-refractivity contribution in [1.29, 1.82) is 0 Å². The Labute approximate surface area is 140 Å². The maximum absolute atomic E-state index is 12.4. The minimum atomic E-state index is -0.618. The van der Waals surface area contributed by atoms with Crippen molar-refractivity contribution in [2.45, 2.75) is 39.3 Å². The number of hydrogen-bond donors (Lipinski definition) is 2. The van der Waals surface area contributed by atoms with Gasteiger partial charge in [0.2, 0.25) is 5.91 Å². The van der Waals surface area contributed by atoms with Gasteiger partial charge in [-0.15, -0.1) is 11.3 Å². The van der Waals surface area contributed by atoms with E-state index in [-0.39, 0.29) is 17.9 Å². The molecule has 2 heterocycles. The fourth-order valence-electron chi connectivity index (χ4n) is 2.24. The first-order chi connectivity index (χ1) is 11.0. The Hall–Kier alpha value is -2.08. The van der Waals surface area contributed by atoms with Crippen LogP contribution in [0.25, 0.3) is 0 Å². The molecule has 124 valence electrons. The molecule has 0 bridgehead atoms. The predicted molar refractivity (Wildman–Crippen MR) is 90.3 cm³/mol. The van der Waals surface area contributed by atoms with Gasteiger partial charge >= 0.3 is 0 Å². The van der Waals surface area contributed by atoms with Crippen molar-refractivity contribution < 1.29 is 14.0 Å². The van der Waals surface area contributed by atoms with Crippen LogP contribution in [0.15, 0.2) is 40.5 Å². The van der Waals surface area contributed by atoms with E-state index >= 15 is 0 Å². The lowest BCUT2D eigenvalue weighted by atomic mass is 10.0. The highest BCUT2D eigenvalue weighted by atomic mass is 32.1. The Kier molecular flexibility index (Phi) is 5.98. The molecule has 0 aromatic carbocycles. The summed E-state index contributed by atoms with van der Waals surface area (Å²) in [6.07, 6.45) is 3.64. The highest BCUT2D eigenvalue weighted by Crippen LogP contribution is 2.25. The van der Waals surface area contributed by atoms with Gasteiger partial charge in [0.25, 0.3) is 5.91 Å². The molecular weight excluding hydrogens is 312 g/mol. The summed E-state index contributed by atoms with van der Waals surface area (Å²) in [6, 6.07) is 4.91. The molecule has 2 rings (SSSR count). The van der Waals surface area contributed by atoms with Gasteiger partial charge in [0, 0.05) is 4.88 Å². The Bertz CT molecular complexity index is 620. The molecule has 2 N–H and O–H groups in total. The Morgan fingerprint density at radius 3 is 2.57 bits per heavy atom. The van der Waals surface area contributed by atoms with E-state index in [0.29, 0.717) is 11.5 Å². The maximum atomic E-state index is 12.4. The van der Waals surface area contributed by atoms with Gasteiger partial charge in [0.05, 0.1) is 17.9 Å². The van der Waals surface area contributed by atoms with Crippen LogP contribution < -0.4 is 10.6 Å². The van der Waals surface area contributed by atoms with Gasteiger partial charge in [0.1, 0.15) is 12.3 Å². The summed E-state index contributed by atoms with van der Waals surface area (Å²) in [5.74, 6) is -0.0583. The number of rotatable bonds is 7. The second-order valence-corrected chi connectivity index (χ2v) is 6.89. The molecule has 0 radical (unpaired) electrons. The van der Waals surface area contributed by atoms with E-state index < -0.39 is 6.04 Å². The fraction of sp³-hybridized carbons (Fsp3) is 0.412. The van der Waals surface area contributed by atoms with Crippen molar-refractivity contribution in [2.24, 2.45) is 5.92 Å². The van der Waals surface area contributed by atoms with Crippen molar-refractivity contribution in [2.75, 3.05) is 0 Å². The molecule has 0 fully saturated rings. The lowest BCUT2D eigenvalue weighted by Crippen LogP contribution is -2.45. The Morgan fingerprint density at radius 1 is 1.22 bits per heavy atom. The van der Waals surface area contributed by atoms with E-state index in [4.69, 9.17) is 4.42 Å². The number of amides is 2. The van der Waals surface area contributed by atoms with Crippen LogP contribution in [0.3, 0.4) is 0 Å². The van der Waals surface area contributed by atoms with Crippen LogP contribution in [0.2, 0.25) is 0 Å². The topological polar surface area (TPSA) is 71.3 Å². The number of carbonyl (C=O) groups is 2. The van der Waals surface area contributed by atoms with Gasteiger partial charge in [-0.05, 0) is 36.8 Å². The number of nitrogens with one attached hydrogen (secondary N) is 2. The van der Waals surface area contributed by atoms with Gasteiger partial charge in [-0.3, -0.25) is 9.59 Å². The van der Waals surface area contributed by atoms with Crippen molar-refractivity contribution in [3.05, 3.63) is 46.5 Å². The van der Waals surface area contributed by atoms with E-state index in [1.54, 1.807) is 24.3 Å². The van der Waals surface area contributed by atoms with E-state index in [0.717, 1.165) is 11.3 Å². The molecule has 5 nitrogen and oxygen atoms in total. The summed E-state index contributed by atoms with van der Waals surface area (Å²) in [5.41, 5.74) is 0.404. The summed E-state index contributed by atoms with van der Waals surface area (Å²) in [6.45, 7) is 5.92. The molecule has 0 aliphatic carbocycles. The van der Waals surface area contributed by atoms with E-state index in [2.05, 4.69) is 24.5 Å². The smallest absolute Gasteiger partial charge is 0.255 e. The zero-order chi connectivity index (χ0) is 16.8. The molecule has 0 aliphatic rings. The Balaban J connectivity index is 1.96. The van der Waals surface area contributed by atoms with Crippen molar-refractivity contribution in [1.82, 2.24) is 10.6 Å². The third-order valence-electron chi connectivity index (χ3n) is 3.43. The van der Waals surface area contributed by atoms with Gasteiger partial charge in [-0.2, -0.15) is 0 Å². The third-order valence-corrected chi connectivity index (χ3v) is 4.42. The normalized spacial score (nSPS) is 13.6.